The van der Waals surface area contributed by atoms with Crippen molar-refractivity contribution in [3.8, 4) is 5.75 Å². The minimum Gasteiger partial charge on any atom is -0.492 e. The maximum absolute atomic E-state index is 12.5. The molecule has 20 heavy (non-hydrogen) atoms. The first-order valence-corrected chi connectivity index (χ1v) is 6.57. The molecule has 0 amide bonds. The van der Waals surface area contributed by atoms with E-state index in [-0.39, 0.29) is 23.7 Å². The number of hydrogen-bond acceptors (Lipinski definition) is 3. The van der Waals surface area contributed by atoms with Crippen LogP contribution in [0.25, 0.3) is 0 Å². The lowest BCUT2D eigenvalue weighted by molar-refractivity contribution is -0.183. The number of alkyl halides is 3. The zero-order valence-corrected chi connectivity index (χ0v) is 11.3. The summed E-state index contributed by atoms with van der Waals surface area (Å²) in [6, 6.07) is 3.01. The van der Waals surface area contributed by atoms with E-state index in [4.69, 9.17) is 25.8 Å². The minimum atomic E-state index is -4.41. The highest BCUT2D eigenvalue weighted by atomic mass is 35.5. The van der Waals surface area contributed by atoms with E-state index in [1.54, 1.807) is 0 Å². The third kappa shape index (κ3) is 4.26. The smallest absolute Gasteiger partial charge is 0.416 e. The Morgan fingerprint density at radius 1 is 1.25 bits per heavy atom. The van der Waals surface area contributed by atoms with Crippen LogP contribution in [-0.2, 0) is 15.7 Å². The largest absolute Gasteiger partial charge is 0.492 e. The Bertz CT molecular complexity index is 445. The first-order chi connectivity index (χ1) is 9.47. The Morgan fingerprint density at radius 3 is 2.55 bits per heavy atom. The second-order valence-electron chi connectivity index (χ2n) is 4.30. The van der Waals surface area contributed by atoms with E-state index >= 15 is 0 Å². The van der Waals surface area contributed by atoms with E-state index < -0.39 is 11.7 Å². The monoisotopic (exact) mass is 310 g/mol. The Morgan fingerprint density at radius 2 is 1.95 bits per heavy atom. The van der Waals surface area contributed by atoms with Gasteiger partial charge in [-0.25, -0.2) is 0 Å². The molecule has 112 valence electrons. The van der Waals surface area contributed by atoms with Crippen molar-refractivity contribution in [3.05, 3.63) is 28.8 Å². The van der Waals surface area contributed by atoms with Crippen LogP contribution in [0.4, 0.5) is 13.2 Å². The Balaban J connectivity index is 1.86. The summed E-state index contributed by atoms with van der Waals surface area (Å²) in [5.41, 5.74) is -0.797. The standard InChI is InChI=1S/C13H14ClF3O3/c14-10-8-9(13(15,16)17)2-3-11(10)18-7-4-12-19-5-1-6-20-12/h2-3,8,12H,1,4-7H2. The van der Waals surface area contributed by atoms with Gasteiger partial charge in [-0.2, -0.15) is 13.2 Å². The molecule has 0 bridgehead atoms. The fourth-order valence-corrected chi connectivity index (χ4v) is 2.00. The van der Waals surface area contributed by atoms with Crippen molar-refractivity contribution in [1.82, 2.24) is 0 Å². The van der Waals surface area contributed by atoms with Gasteiger partial charge in [-0.15, -0.1) is 0 Å². The lowest BCUT2D eigenvalue weighted by Crippen LogP contribution is -2.26. The van der Waals surface area contributed by atoms with Gasteiger partial charge in [0.15, 0.2) is 6.29 Å². The van der Waals surface area contributed by atoms with Gasteiger partial charge in [-0.05, 0) is 24.6 Å². The van der Waals surface area contributed by atoms with Gasteiger partial charge in [-0.3, -0.25) is 0 Å². The van der Waals surface area contributed by atoms with Crippen LogP contribution in [0.2, 0.25) is 5.02 Å². The van der Waals surface area contributed by atoms with Gasteiger partial charge in [0.05, 0.1) is 30.4 Å². The van der Waals surface area contributed by atoms with Crippen molar-refractivity contribution >= 4 is 11.6 Å². The summed E-state index contributed by atoms with van der Waals surface area (Å²) in [5.74, 6) is 0.218. The molecule has 0 spiro atoms. The number of ether oxygens (including phenoxy) is 3. The zero-order valence-electron chi connectivity index (χ0n) is 10.6. The van der Waals surface area contributed by atoms with E-state index in [1.165, 1.54) is 6.07 Å². The molecule has 1 aromatic rings. The quantitative estimate of drug-likeness (QED) is 0.844. The van der Waals surface area contributed by atoms with Crippen molar-refractivity contribution in [1.29, 1.82) is 0 Å². The van der Waals surface area contributed by atoms with E-state index in [0.717, 1.165) is 18.6 Å². The summed E-state index contributed by atoms with van der Waals surface area (Å²) in [4.78, 5) is 0. The van der Waals surface area contributed by atoms with Crippen LogP contribution in [0.3, 0.4) is 0 Å². The van der Waals surface area contributed by atoms with Crippen LogP contribution in [0.5, 0.6) is 5.75 Å². The molecule has 1 aliphatic heterocycles. The minimum absolute atomic E-state index is 0.0645. The summed E-state index contributed by atoms with van der Waals surface area (Å²) >= 11 is 5.77. The lowest BCUT2D eigenvalue weighted by Gasteiger charge is -2.23. The molecule has 2 rings (SSSR count). The molecule has 0 atom stereocenters. The van der Waals surface area contributed by atoms with Gasteiger partial charge in [0, 0.05) is 6.42 Å². The van der Waals surface area contributed by atoms with Gasteiger partial charge < -0.3 is 14.2 Å². The summed E-state index contributed by atoms with van der Waals surface area (Å²) in [7, 11) is 0. The van der Waals surface area contributed by atoms with Crippen molar-refractivity contribution in [2.24, 2.45) is 0 Å². The third-order valence-electron chi connectivity index (χ3n) is 2.77. The average molecular weight is 311 g/mol. The molecule has 1 heterocycles. The topological polar surface area (TPSA) is 27.7 Å². The average Bonchev–Trinajstić information content (AvgIpc) is 2.40. The number of benzene rings is 1. The van der Waals surface area contributed by atoms with Crippen LogP contribution in [-0.4, -0.2) is 26.1 Å². The molecular formula is C13H14ClF3O3. The highest BCUT2D eigenvalue weighted by molar-refractivity contribution is 6.32. The molecule has 0 unspecified atom stereocenters. The Labute approximate surface area is 119 Å². The molecule has 0 radical (unpaired) electrons. The molecule has 0 aliphatic carbocycles. The van der Waals surface area contributed by atoms with Gasteiger partial charge in [0.1, 0.15) is 5.75 Å². The zero-order chi connectivity index (χ0) is 14.6. The molecule has 1 aliphatic rings. The Hall–Kier alpha value is -0.980. The second-order valence-corrected chi connectivity index (χ2v) is 4.71. The van der Waals surface area contributed by atoms with E-state index in [2.05, 4.69) is 0 Å². The molecular weight excluding hydrogens is 297 g/mol. The molecule has 7 heteroatoms. The van der Waals surface area contributed by atoms with Crippen LogP contribution < -0.4 is 4.74 Å². The van der Waals surface area contributed by atoms with Crippen molar-refractivity contribution in [3.63, 3.8) is 0 Å². The van der Waals surface area contributed by atoms with Crippen molar-refractivity contribution in [2.45, 2.75) is 25.3 Å². The fourth-order valence-electron chi connectivity index (χ4n) is 1.76. The fraction of sp³-hybridized carbons (Fsp3) is 0.538. The summed E-state index contributed by atoms with van der Waals surface area (Å²) in [6.45, 7) is 1.55. The molecule has 1 fully saturated rings. The lowest BCUT2D eigenvalue weighted by atomic mass is 10.2. The molecule has 3 nitrogen and oxygen atoms in total. The van der Waals surface area contributed by atoms with E-state index in [0.29, 0.717) is 19.6 Å². The number of rotatable bonds is 4. The van der Waals surface area contributed by atoms with Gasteiger partial charge >= 0.3 is 6.18 Å². The van der Waals surface area contributed by atoms with Crippen molar-refractivity contribution < 1.29 is 27.4 Å². The van der Waals surface area contributed by atoms with Crippen LogP contribution in [0.1, 0.15) is 18.4 Å². The van der Waals surface area contributed by atoms with E-state index in [9.17, 15) is 13.2 Å². The maximum Gasteiger partial charge on any atom is 0.416 e. The first-order valence-electron chi connectivity index (χ1n) is 6.19. The van der Waals surface area contributed by atoms with Gasteiger partial charge in [0.25, 0.3) is 0 Å². The van der Waals surface area contributed by atoms with Crippen LogP contribution in [0.15, 0.2) is 18.2 Å². The highest BCUT2D eigenvalue weighted by Crippen LogP contribution is 2.34. The Kier molecular flexibility index (Phi) is 5.12. The predicted molar refractivity (Wildman–Crippen MR) is 66.9 cm³/mol. The summed E-state index contributed by atoms with van der Waals surface area (Å²) < 4.78 is 53.4. The molecule has 0 N–H and O–H groups in total. The number of hydrogen-bond donors (Lipinski definition) is 0. The second kappa shape index (κ2) is 6.65. The molecule has 0 saturated carbocycles. The SMILES string of the molecule is FC(F)(F)c1ccc(OCCC2OCCCO2)c(Cl)c1. The van der Waals surface area contributed by atoms with Gasteiger partial charge in [0.2, 0.25) is 0 Å². The summed E-state index contributed by atoms with van der Waals surface area (Å²) in [5, 5.41) is -0.0645. The van der Waals surface area contributed by atoms with Crippen LogP contribution in [0, 0.1) is 0 Å². The number of halogens is 4. The highest BCUT2D eigenvalue weighted by Gasteiger charge is 2.31. The molecule has 0 aromatic heterocycles. The molecule has 1 saturated heterocycles. The van der Waals surface area contributed by atoms with E-state index in [1.807, 2.05) is 0 Å². The molecule has 1 aromatic carbocycles. The van der Waals surface area contributed by atoms with Crippen molar-refractivity contribution in [2.75, 3.05) is 19.8 Å². The maximum atomic E-state index is 12.5. The van der Waals surface area contributed by atoms with Crippen LogP contribution >= 0.6 is 11.6 Å². The van der Waals surface area contributed by atoms with Gasteiger partial charge in [-0.1, -0.05) is 11.6 Å². The third-order valence-corrected chi connectivity index (χ3v) is 3.06. The predicted octanol–water partition coefficient (Wildman–Crippen LogP) is 3.89. The normalized spacial score (nSPS) is 17.2. The summed E-state index contributed by atoms with van der Waals surface area (Å²) in [6.07, 6.45) is -3.37. The first kappa shape index (κ1) is 15.4.